The van der Waals surface area contributed by atoms with Gasteiger partial charge in [-0.05, 0) is 34.6 Å². The Morgan fingerprint density at radius 2 is 1.32 bits per heavy atom. The molecule has 1 aromatic carbocycles. The Labute approximate surface area is 121 Å². The fourth-order valence-electron chi connectivity index (χ4n) is 0.534. The number of benzene rings is 1. The van der Waals surface area contributed by atoms with Crippen LogP contribution in [0.3, 0.4) is 0 Å². The molecular weight excluding hydrogens is 228 g/mol. The first kappa shape index (κ1) is 22.6. The van der Waals surface area contributed by atoms with Gasteiger partial charge < -0.3 is 0 Å². The maximum atomic E-state index is 3.56. The molecule has 1 rings (SSSR count). The summed E-state index contributed by atoms with van der Waals surface area (Å²) in [5.41, 5.74) is 3.72. The molecule has 19 heavy (non-hydrogen) atoms. The van der Waals surface area contributed by atoms with Crippen LogP contribution in [-0.2, 0) is 0 Å². The molecular formula is C19H32. The molecule has 0 spiro atoms. The van der Waals surface area contributed by atoms with E-state index in [2.05, 4.69) is 52.1 Å². The Balaban J connectivity index is -0.000000194. The van der Waals surface area contributed by atoms with Crippen molar-refractivity contribution in [1.29, 1.82) is 0 Å². The van der Waals surface area contributed by atoms with Gasteiger partial charge in [-0.15, -0.1) is 0 Å². The standard InChI is InChI=1S/C7H8.C5H10.C5H8.C2H6/c1-7-5-3-2-4-6-7;2*1-4-5(2)3;1-2/h2-6H,1H3;4H,1-3H3;4H,1-2H2,3H3;1-2H3. The van der Waals surface area contributed by atoms with Crippen molar-refractivity contribution >= 4 is 0 Å². The van der Waals surface area contributed by atoms with Crippen LogP contribution in [-0.4, -0.2) is 0 Å². The summed E-state index contributed by atoms with van der Waals surface area (Å²) < 4.78 is 0. The van der Waals surface area contributed by atoms with Gasteiger partial charge in [0.15, 0.2) is 0 Å². The first-order chi connectivity index (χ1) is 8.93. The third-order valence-corrected chi connectivity index (χ3v) is 1.87. The van der Waals surface area contributed by atoms with E-state index in [0.29, 0.717) is 0 Å². The lowest BCUT2D eigenvalue weighted by Crippen LogP contribution is -1.62. The van der Waals surface area contributed by atoms with E-state index < -0.39 is 0 Å². The SMILES string of the molecule is C=CC(=C)C.CC.CC=C(C)C.Cc1ccccc1. The van der Waals surface area contributed by atoms with Crippen LogP contribution < -0.4 is 0 Å². The molecule has 0 atom stereocenters. The van der Waals surface area contributed by atoms with Crippen molar-refractivity contribution in [3.63, 3.8) is 0 Å². The van der Waals surface area contributed by atoms with Gasteiger partial charge in [-0.3, -0.25) is 0 Å². The minimum absolute atomic E-state index is 1.02. The van der Waals surface area contributed by atoms with E-state index in [-0.39, 0.29) is 0 Å². The van der Waals surface area contributed by atoms with E-state index in [1.54, 1.807) is 6.08 Å². The van der Waals surface area contributed by atoms with Crippen LogP contribution in [0.5, 0.6) is 0 Å². The zero-order chi connectivity index (χ0) is 15.7. The Morgan fingerprint density at radius 3 is 1.42 bits per heavy atom. The minimum atomic E-state index is 1.02. The number of hydrogen-bond donors (Lipinski definition) is 0. The highest BCUT2D eigenvalue weighted by atomic mass is 13.8. The fourth-order valence-corrected chi connectivity index (χ4v) is 0.534. The fraction of sp³-hybridized carbons (Fsp3) is 0.368. The van der Waals surface area contributed by atoms with Gasteiger partial charge in [0.05, 0.1) is 0 Å². The monoisotopic (exact) mass is 260 g/mol. The van der Waals surface area contributed by atoms with Crippen LogP contribution in [0.4, 0.5) is 0 Å². The van der Waals surface area contributed by atoms with Crippen molar-refractivity contribution < 1.29 is 0 Å². The van der Waals surface area contributed by atoms with Gasteiger partial charge in [0, 0.05) is 0 Å². The van der Waals surface area contributed by atoms with Crippen molar-refractivity contribution in [3.05, 3.63) is 72.4 Å². The molecule has 0 saturated carbocycles. The van der Waals surface area contributed by atoms with E-state index in [4.69, 9.17) is 0 Å². The summed E-state index contributed by atoms with van der Waals surface area (Å²) in [7, 11) is 0. The lowest BCUT2D eigenvalue weighted by Gasteiger charge is -1.82. The molecule has 0 saturated heterocycles. The molecule has 1 aromatic rings. The van der Waals surface area contributed by atoms with Crippen molar-refractivity contribution in [2.45, 2.75) is 48.5 Å². The van der Waals surface area contributed by atoms with Gasteiger partial charge in [0.2, 0.25) is 0 Å². The maximum absolute atomic E-state index is 3.56. The molecule has 0 heterocycles. The average molecular weight is 260 g/mol. The summed E-state index contributed by atoms with van der Waals surface area (Å²) in [5.74, 6) is 0. The van der Waals surface area contributed by atoms with Gasteiger partial charge in [-0.1, -0.05) is 86.2 Å². The van der Waals surface area contributed by atoms with Gasteiger partial charge in [-0.25, -0.2) is 0 Å². The normalized spacial score (nSPS) is 7.11. The molecule has 0 nitrogen and oxygen atoms in total. The van der Waals surface area contributed by atoms with Crippen LogP contribution in [0.25, 0.3) is 0 Å². The smallest absolute Gasteiger partial charge is 0.0398 e. The highest BCUT2D eigenvalue weighted by Gasteiger charge is 1.72. The third kappa shape index (κ3) is 31.5. The molecule has 0 fully saturated rings. The van der Waals surface area contributed by atoms with Crippen molar-refractivity contribution in [3.8, 4) is 0 Å². The summed E-state index contributed by atoms with van der Waals surface area (Å²) >= 11 is 0. The number of rotatable bonds is 1. The zero-order valence-electron chi connectivity index (χ0n) is 14.0. The van der Waals surface area contributed by atoms with E-state index >= 15 is 0 Å². The molecule has 0 aliphatic heterocycles. The van der Waals surface area contributed by atoms with Crippen LogP contribution in [0.1, 0.15) is 47.1 Å². The second-order valence-corrected chi connectivity index (χ2v) is 4.07. The second-order valence-electron chi connectivity index (χ2n) is 4.07. The molecule has 0 aliphatic rings. The van der Waals surface area contributed by atoms with Gasteiger partial charge >= 0.3 is 0 Å². The van der Waals surface area contributed by atoms with E-state index in [0.717, 1.165) is 5.57 Å². The number of allylic oxidation sites excluding steroid dienone is 4. The Kier molecular flexibility index (Phi) is 22.4. The Morgan fingerprint density at radius 1 is 1.00 bits per heavy atom. The second kappa shape index (κ2) is 18.8. The van der Waals surface area contributed by atoms with Crippen molar-refractivity contribution in [1.82, 2.24) is 0 Å². The first-order valence-corrected chi connectivity index (χ1v) is 6.83. The Bertz CT molecular complexity index is 324. The van der Waals surface area contributed by atoms with Crippen LogP contribution in [0, 0.1) is 6.92 Å². The molecule has 0 radical (unpaired) electrons. The molecule has 0 unspecified atom stereocenters. The molecule has 0 N–H and O–H groups in total. The predicted octanol–water partition coefficient (Wildman–Crippen LogP) is 6.74. The molecule has 0 bridgehead atoms. The van der Waals surface area contributed by atoms with E-state index in [1.165, 1.54) is 11.1 Å². The first-order valence-electron chi connectivity index (χ1n) is 6.83. The van der Waals surface area contributed by atoms with Gasteiger partial charge in [0.25, 0.3) is 0 Å². The maximum Gasteiger partial charge on any atom is -0.0398 e. The molecule has 0 aromatic heterocycles. The highest BCUT2D eigenvalue weighted by molar-refractivity contribution is 5.11. The Hall–Kier alpha value is -1.56. The largest absolute Gasteiger partial charge is 0.0988 e. The van der Waals surface area contributed by atoms with Crippen LogP contribution >= 0.6 is 0 Å². The average Bonchev–Trinajstić information content (AvgIpc) is 2.43. The van der Waals surface area contributed by atoms with Crippen LogP contribution in [0.2, 0.25) is 0 Å². The number of aryl methyl sites for hydroxylation is 1. The lowest BCUT2D eigenvalue weighted by atomic mass is 10.2. The molecule has 0 amide bonds. The molecule has 0 aliphatic carbocycles. The molecule has 0 heteroatoms. The lowest BCUT2D eigenvalue weighted by molar-refractivity contribution is 1.36. The summed E-state index contributed by atoms with van der Waals surface area (Å²) in [6.07, 6.45) is 3.81. The van der Waals surface area contributed by atoms with Gasteiger partial charge in [0.1, 0.15) is 0 Å². The van der Waals surface area contributed by atoms with Crippen molar-refractivity contribution in [2.75, 3.05) is 0 Å². The van der Waals surface area contributed by atoms with Gasteiger partial charge in [-0.2, -0.15) is 0 Å². The summed E-state index contributed by atoms with van der Waals surface area (Å²) in [5, 5.41) is 0. The minimum Gasteiger partial charge on any atom is -0.0988 e. The highest BCUT2D eigenvalue weighted by Crippen LogP contribution is 1.92. The van der Waals surface area contributed by atoms with Crippen LogP contribution in [0.15, 0.2) is 66.8 Å². The van der Waals surface area contributed by atoms with E-state index in [9.17, 15) is 0 Å². The summed E-state index contributed by atoms with van der Waals surface area (Å²) in [4.78, 5) is 0. The summed E-state index contributed by atoms with van der Waals surface area (Å²) in [6, 6.07) is 10.3. The summed E-state index contributed by atoms with van der Waals surface area (Å²) in [6.45, 7) is 21.2. The predicted molar refractivity (Wildman–Crippen MR) is 92.6 cm³/mol. The quantitative estimate of drug-likeness (QED) is 0.387. The van der Waals surface area contributed by atoms with E-state index in [1.807, 2.05) is 45.9 Å². The topological polar surface area (TPSA) is 0 Å². The van der Waals surface area contributed by atoms with Crippen molar-refractivity contribution in [2.24, 2.45) is 0 Å². The zero-order valence-corrected chi connectivity index (χ0v) is 14.0. The molecule has 108 valence electrons. The third-order valence-electron chi connectivity index (χ3n) is 1.87. The number of hydrogen-bond acceptors (Lipinski definition) is 0.